The van der Waals surface area contributed by atoms with E-state index in [4.69, 9.17) is 9.47 Å². The van der Waals surface area contributed by atoms with Gasteiger partial charge in [-0.2, -0.15) is 0 Å². The Labute approximate surface area is 569 Å². The molecule has 1 aliphatic heterocycles. The van der Waals surface area contributed by atoms with E-state index in [2.05, 4.69) is 92.1 Å². The number of carbonyl (C=O) groups excluding carboxylic acids is 1. The Bertz CT molecular complexity index is 1690. The van der Waals surface area contributed by atoms with E-state index < -0.39 is 49.5 Å². The van der Waals surface area contributed by atoms with E-state index >= 15 is 0 Å². The summed E-state index contributed by atoms with van der Waals surface area (Å²) in [6.07, 6.45) is 94.4. The van der Waals surface area contributed by atoms with Crippen LogP contribution in [0, 0.1) is 0 Å². The maximum absolute atomic E-state index is 13.2. The Kier molecular flexibility index (Phi) is 68.0. The second-order valence-electron chi connectivity index (χ2n) is 27.8. The minimum atomic E-state index is -1.56. The lowest BCUT2D eigenvalue weighted by atomic mass is 9.99. The van der Waals surface area contributed by atoms with Crippen LogP contribution in [0.15, 0.2) is 72.9 Å². The van der Waals surface area contributed by atoms with Gasteiger partial charge in [-0.05, 0) is 64.2 Å². The Morgan fingerprint density at radius 2 is 0.674 bits per heavy atom. The molecule has 92 heavy (non-hydrogen) atoms. The average Bonchev–Trinajstić information content (AvgIpc) is 1.00. The first-order valence-electron chi connectivity index (χ1n) is 40.1. The summed E-state index contributed by atoms with van der Waals surface area (Å²) in [5.74, 6) is -0.138. The van der Waals surface area contributed by atoms with Crippen molar-refractivity contribution in [3.8, 4) is 0 Å². The molecule has 0 aromatic heterocycles. The van der Waals surface area contributed by atoms with E-state index in [1.54, 1.807) is 0 Å². The van der Waals surface area contributed by atoms with Gasteiger partial charge in [0.2, 0.25) is 5.91 Å². The van der Waals surface area contributed by atoms with Gasteiger partial charge in [-0.3, -0.25) is 4.79 Å². The van der Waals surface area contributed by atoms with E-state index in [0.29, 0.717) is 12.8 Å². The Hall–Kier alpha value is -2.37. The summed E-state index contributed by atoms with van der Waals surface area (Å²) in [5, 5.41) is 55.1. The Morgan fingerprint density at radius 3 is 1.00 bits per heavy atom. The van der Waals surface area contributed by atoms with Gasteiger partial charge in [-0.25, -0.2) is 0 Å². The molecule has 0 radical (unpaired) electrons. The monoisotopic (exact) mass is 1290 g/mol. The van der Waals surface area contributed by atoms with Gasteiger partial charge >= 0.3 is 0 Å². The van der Waals surface area contributed by atoms with Crippen molar-refractivity contribution in [2.24, 2.45) is 0 Å². The molecule has 0 aliphatic carbocycles. The molecule has 0 bridgehead atoms. The minimum Gasteiger partial charge on any atom is -0.394 e. The van der Waals surface area contributed by atoms with Crippen LogP contribution in [0.1, 0.15) is 393 Å². The summed E-state index contributed by atoms with van der Waals surface area (Å²) in [7, 11) is 0. The second-order valence-corrected chi connectivity index (χ2v) is 27.8. The lowest BCUT2D eigenvalue weighted by Crippen LogP contribution is -2.60. The van der Waals surface area contributed by atoms with Crippen LogP contribution in [-0.4, -0.2) is 87.5 Å². The number of carbonyl (C=O) groups is 1. The van der Waals surface area contributed by atoms with Gasteiger partial charge in [0.05, 0.1) is 25.4 Å². The lowest BCUT2D eigenvalue weighted by molar-refractivity contribution is -0.302. The number of aliphatic hydroxyl groups excluding tert-OH is 5. The zero-order valence-electron chi connectivity index (χ0n) is 60.6. The standard InChI is InChI=1S/C83H153NO8/c1-3-5-7-9-11-13-15-17-19-21-23-25-27-29-31-33-35-37-38-39-40-41-43-45-47-49-51-53-55-57-59-61-63-65-67-69-71-73-79(87)84-76(75-91-83-82(90)81(89)80(88)78(74-85)92-83)77(86)72-70-68-66-64-62-60-58-56-54-52-50-48-46-44-42-36-34-32-30-28-26-24-22-20-18-16-14-12-10-8-6-4-2/h5,7,11,13,17,19,23,25,29,31,35,37,76-78,80-83,85-86,88-90H,3-4,6,8-10,12,14-16,18,20-22,24,26-28,30,32-34,36,38-75H2,1-2H3,(H,84,87)/b7-5-,13-11-,19-17-,25-23-,31-29-,37-35-. The van der Waals surface area contributed by atoms with Crippen LogP contribution in [0.2, 0.25) is 0 Å². The quantitative estimate of drug-likeness (QED) is 0.0261. The van der Waals surface area contributed by atoms with E-state index in [-0.39, 0.29) is 12.5 Å². The van der Waals surface area contributed by atoms with Crippen LogP contribution in [-0.2, 0) is 14.3 Å². The van der Waals surface area contributed by atoms with Gasteiger partial charge in [-0.1, -0.05) is 395 Å². The molecule has 1 amide bonds. The number of hydrogen-bond donors (Lipinski definition) is 6. The summed E-state index contributed by atoms with van der Waals surface area (Å²) in [6, 6.07) is -0.723. The number of amides is 1. The number of hydrogen-bond acceptors (Lipinski definition) is 8. The van der Waals surface area contributed by atoms with Crippen molar-refractivity contribution in [3.05, 3.63) is 72.9 Å². The number of nitrogens with one attached hydrogen (secondary N) is 1. The van der Waals surface area contributed by atoms with Gasteiger partial charge in [0.15, 0.2) is 6.29 Å². The third-order valence-corrected chi connectivity index (χ3v) is 19.1. The molecular formula is C83H153NO8. The molecule has 9 heteroatoms. The van der Waals surface area contributed by atoms with E-state index in [1.807, 2.05) is 0 Å². The summed E-state index contributed by atoms with van der Waals surface area (Å²) in [4.78, 5) is 13.2. The molecule has 538 valence electrons. The SMILES string of the molecule is CC/C=C\C/C=C\C/C=C\C/C=C\C/C=C\C/C=C\CCCCCCCCCCCCCCCCCCCCC(=O)NC(COC1OC(CO)C(O)C(O)C1O)C(O)CCCCCCCCCCCCCCCCCCCCCCCCCCCCCCCCCC. The van der Waals surface area contributed by atoms with Gasteiger partial charge < -0.3 is 40.3 Å². The zero-order valence-corrected chi connectivity index (χ0v) is 60.6. The maximum atomic E-state index is 13.2. The number of allylic oxidation sites excluding steroid dienone is 12. The fourth-order valence-electron chi connectivity index (χ4n) is 12.9. The topological polar surface area (TPSA) is 149 Å². The van der Waals surface area contributed by atoms with Gasteiger partial charge in [0.1, 0.15) is 24.4 Å². The maximum Gasteiger partial charge on any atom is 0.220 e. The predicted octanol–water partition coefficient (Wildman–Crippen LogP) is 23.0. The first-order chi connectivity index (χ1) is 45.3. The zero-order chi connectivity index (χ0) is 66.4. The van der Waals surface area contributed by atoms with Crippen LogP contribution in [0.25, 0.3) is 0 Å². The first-order valence-corrected chi connectivity index (χ1v) is 40.1. The summed E-state index contributed by atoms with van der Waals surface area (Å²) >= 11 is 0. The predicted molar refractivity (Wildman–Crippen MR) is 396 cm³/mol. The first kappa shape index (κ1) is 87.6. The smallest absolute Gasteiger partial charge is 0.220 e. The van der Waals surface area contributed by atoms with Crippen molar-refractivity contribution >= 4 is 5.91 Å². The molecule has 0 aromatic rings. The largest absolute Gasteiger partial charge is 0.394 e. The molecule has 1 saturated heterocycles. The lowest BCUT2D eigenvalue weighted by Gasteiger charge is -2.40. The molecule has 1 aliphatic rings. The molecule has 7 atom stereocenters. The van der Waals surface area contributed by atoms with Gasteiger partial charge in [0.25, 0.3) is 0 Å². The summed E-state index contributed by atoms with van der Waals surface area (Å²) in [6.45, 7) is 3.78. The van der Waals surface area contributed by atoms with E-state index in [1.165, 1.54) is 289 Å². The van der Waals surface area contributed by atoms with Crippen LogP contribution in [0.5, 0.6) is 0 Å². The highest BCUT2D eigenvalue weighted by Gasteiger charge is 2.44. The van der Waals surface area contributed by atoms with Crippen LogP contribution >= 0.6 is 0 Å². The third-order valence-electron chi connectivity index (χ3n) is 19.1. The highest BCUT2D eigenvalue weighted by molar-refractivity contribution is 5.76. The van der Waals surface area contributed by atoms with E-state index in [9.17, 15) is 30.3 Å². The van der Waals surface area contributed by atoms with Crippen molar-refractivity contribution < 1.29 is 39.8 Å². The average molecular weight is 1290 g/mol. The van der Waals surface area contributed by atoms with Crippen molar-refractivity contribution in [1.29, 1.82) is 0 Å². The van der Waals surface area contributed by atoms with E-state index in [0.717, 1.165) is 77.0 Å². The van der Waals surface area contributed by atoms with Crippen molar-refractivity contribution in [2.45, 2.75) is 436 Å². The molecule has 0 saturated carbocycles. The molecule has 6 N–H and O–H groups in total. The molecule has 1 heterocycles. The highest BCUT2D eigenvalue weighted by atomic mass is 16.7. The third kappa shape index (κ3) is 58.9. The molecule has 0 spiro atoms. The second kappa shape index (κ2) is 71.4. The normalized spacial score (nSPS) is 18.0. The van der Waals surface area contributed by atoms with Crippen LogP contribution < -0.4 is 5.32 Å². The van der Waals surface area contributed by atoms with Crippen LogP contribution in [0.3, 0.4) is 0 Å². The van der Waals surface area contributed by atoms with Crippen molar-refractivity contribution in [3.63, 3.8) is 0 Å². The highest BCUT2D eigenvalue weighted by Crippen LogP contribution is 2.24. The van der Waals surface area contributed by atoms with Crippen LogP contribution in [0.4, 0.5) is 0 Å². The molecular weight excluding hydrogens is 1140 g/mol. The molecule has 7 unspecified atom stereocenters. The summed E-state index contributed by atoms with van der Waals surface area (Å²) in [5.41, 5.74) is 0. The number of ether oxygens (including phenoxy) is 2. The number of unbranched alkanes of at least 4 members (excludes halogenated alkanes) is 49. The molecule has 9 nitrogen and oxygen atoms in total. The molecule has 1 rings (SSSR count). The van der Waals surface area contributed by atoms with Gasteiger partial charge in [0, 0.05) is 6.42 Å². The van der Waals surface area contributed by atoms with Crippen molar-refractivity contribution in [2.75, 3.05) is 13.2 Å². The summed E-state index contributed by atoms with van der Waals surface area (Å²) < 4.78 is 11.4. The fourth-order valence-corrected chi connectivity index (χ4v) is 12.9. The van der Waals surface area contributed by atoms with Crippen molar-refractivity contribution in [1.82, 2.24) is 5.32 Å². The Morgan fingerprint density at radius 1 is 0.380 bits per heavy atom. The van der Waals surface area contributed by atoms with Gasteiger partial charge in [-0.15, -0.1) is 0 Å². The molecule has 0 aromatic carbocycles. The fraction of sp³-hybridized carbons (Fsp3) is 0.843. The minimum absolute atomic E-state index is 0.136. The number of aliphatic hydroxyl groups is 5. The number of rotatable bonds is 71. The Balaban J connectivity index is 2.06. The molecule has 1 fully saturated rings.